The summed E-state index contributed by atoms with van der Waals surface area (Å²) in [5.41, 5.74) is 4.29. The van der Waals surface area contributed by atoms with Crippen molar-refractivity contribution < 1.29 is 0 Å². The fourth-order valence-corrected chi connectivity index (χ4v) is 5.04. The highest BCUT2D eigenvalue weighted by molar-refractivity contribution is 6.31. The lowest BCUT2D eigenvalue weighted by molar-refractivity contribution is 0.336. The topological polar surface area (TPSA) is 29.9 Å². The second kappa shape index (κ2) is 7.90. The van der Waals surface area contributed by atoms with Crippen molar-refractivity contribution in [3.05, 3.63) is 40.2 Å². The van der Waals surface area contributed by atoms with E-state index in [1.165, 1.54) is 61.9 Å². The third-order valence-corrected chi connectivity index (χ3v) is 6.78. The molecule has 2 heterocycles. The zero-order valence-electron chi connectivity index (χ0n) is 16.1. The van der Waals surface area contributed by atoms with Crippen LogP contribution in [0.1, 0.15) is 81.3 Å². The molecule has 1 aliphatic heterocycles. The molecule has 0 bridgehead atoms. The summed E-state index contributed by atoms with van der Waals surface area (Å²) in [6, 6.07) is 0.589. The van der Waals surface area contributed by atoms with Crippen LogP contribution in [0.4, 0.5) is 0 Å². The average molecular weight is 374 g/mol. The van der Waals surface area contributed by atoms with Gasteiger partial charge in [0, 0.05) is 29.1 Å². The van der Waals surface area contributed by atoms with Crippen LogP contribution in [0.3, 0.4) is 0 Å². The first-order chi connectivity index (χ1) is 12.7. The van der Waals surface area contributed by atoms with Crippen molar-refractivity contribution in [2.75, 3.05) is 13.1 Å². The maximum Gasteiger partial charge on any atom is 0.0759 e. The van der Waals surface area contributed by atoms with Crippen molar-refractivity contribution >= 4 is 11.6 Å². The SMILES string of the molecule is CC1(c2nn(C3CCCCCCC3)c3c2CCNCC3)C=CC(Cl)=CC1. The summed E-state index contributed by atoms with van der Waals surface area (Å²) in [5, 5.41) is 9.76. The van der Waals surface area contributed by atoms with Crippen molar-refractivity contribution in [2.24, 2.45) is 0 Å². The Labute approximate surface area is 162 Å². The molecule has 2 aliphatic carbocycles. The minimum absolute atomic E-state index is 0.0281. The molecule has 1 atom stereocenters. The molecule has 1 saturated carbocycles. The number of hydrogen-bond acceptors (Lipinski definition) is 2. The summed E-state index contributed by atoms with van der Waals surface area (Å²) < 4.78 is 2.46. The monoisotopic (exact) mass is 373 g/mol. The number of allylic oxidation sites excluding steroid dienone is 4. The van der Waals surface area contributed by atoms with Crippen LogP contribution in [0, 0.1) is 0 Å². The van der Waals surface area contributed by atoms with Crippen LogP contribution in [0.25, 0.3) is 0 Å². The van der Waals surface area contributed by atoms with Gasteiger partial charge in [0.25, 0.3) is 0 Å². The van der Waals surface area contributed by atoms with Gasteiger partial charge < -0.3 is 5.32 Å². The van der Waals surface area contributed by atoms with Crippen LogP contribution in [0.2, 0.25) is 0 Å². The maximum absolute atomic E-state index is 6.20. The Kier molecular flexibility index (Phi) is 5.56. The standard InChI is InChI=1S/C22H32ClN3/c1-22(13-9-17(23)10-14-22)21-19-11-15-24-16-12-20(19)26(25-21)18-7-5-3-2-4-6-8-18/h9-10,13,18,24H,2-8,11-12,14-16H2,1H3. The summed E-state index contributed by atoms with van der Waals surface area (Å²) in [4.78, 5) is 0. The fourth-order valence-electron chi connectivity index (χ4n) is 4.90. The van der Waals surface area contributed by atoms with Crippen LogP contribution in [0.15, 0.2) is 23.3 Å². The Morgan fingerprint density at radius 1 is 1.12 bits per heavy atom. The van der Waals surface area contributed by atoms with Crippen molar-refractivity contribution in [3.8, 4) is 0 Å². The zero-order chi connectivity index (χ0) is 18.0. The van der Waals surface area contributed by atoms with Gasteiger partial charge in [-0.3, -0.25) is 4.68 Å². The first-order valence-electron chi connectivity index (χ1n) is 10.5. The summed E-state index contributed by atoms with van der Waals surface area (Å²) in [7, 11) is 0. The van der Waals surface area contributed by atoms with Crippen LogP contribution in [0.5, 0.6) is 0 Å². The van der Waals surface area contributed by atoms with E-state index in [1.807, 2.05) is 0 Å². The lowest BCUT2D eigenvalue weighted by atomic mass is 9.78. The van der Waals surface area contributed by atoms with Gasteiger partial charge in [0.05, 0.1) is 11.7 Å². The van der Waals surface area contributed by atoms with Crippen molar-refractivity contribution in [1.82, 2.24) is 15.1 Å². The van der Waals surface area contributed by atoms with Crippen LogP contribution in [-0.2, 0) is 18.3 Å². The lowest BCUT2D eigenvalue weighted by Gasteiger charge is -2.27. The third kappa shape index (κ3) is 3.66. The number of fused-ring (bicyclic) bond motifs is 1. The van der Waals surface area contributed by atoms with E-state index in [9.17, 15) is 0 Å². The lowest BCUT2D eigenvalue weighted by Crippen LogP contribution is -2.24. The summed E-state index contributed by atoms with van der Waals surface area (Å²) in [6.45, 7) is 4.46. The van der Waals surface area contributed by atoms with Crippen LogP contribution >= 0.6 is 11.6 Å². The van der Waals surface area contributed by atoms with E-state index >= 15 is 0 Å². The molecule has 142 valence electrons. The minimum atomic E-state index is -0.0281. The molecule has 1 aromatic rings. The Bertz CT molecular complexity index is 694. The summed E-state index contributed by atoms with van der Waals surface area (Å²) >= 11 is 6.20. The third-order valence-electron chi connectivity index (χ3n) is 6.50. The molecule has 1 N–H and O–H groups in total. The molecule has 4 heteroatoms. The van der Waals surface area contributed by atoms with Gasteiger partial charge in [0.15, 0.2) is 0 Å². The first-order valence-corrected chi connectivity index (χ1v) is 10.9. The highest BCUT2D eigenvalue weighted by Gasteiger charge is 2.34. The summed E-state index contributed by atoms with van der Waals surface area (Å²) in [5.74, 6) is 0. The number of nitrogens with zero attached hydrogens (tertiary/aromatic N) is 2. The Morgan fingerprint density at radius 3 is 2.58 bits per heavy atom. The molecule has 3 aliphatic rings. The van der Waals surface area contributed by atoms with Gasteiger partial charge in [0.2, 0.25) is 0 Å². The van der Waals surface area contributed by atoms with Crippen molar-refractivity contribution in [1.29, 1.82) is 0 Å². The molecule has 0 radical (unpaired) electrons. The first kappa shape index (κ1) is 18.3. The van der Waals surface area contributed by atoms with E-state index in [2.05, 4.69) is 35.2 Å². The molecule has 1 aromatic heterocycles. The van der Waals surface area contributed by atoms with Crippen molar-refractivity contribution in [2.45, 2.75) is 82.6 Å². The van der Waals surface area contributed by atoms with E-state index in [1.54, 1.807) is 0 Å². The molecule has 0 amide bonds. The quantitative estimate of drug-likeness (QED) is 0.772. The van der Waals surface area contributed by atoms with Gasteiger partial charge in [-0.15, -0.1) is 0 Å². The van der Waals surface area contributed by atoms with Crippen molar-refractivity contribution in [3.63, 3.8) is 0 Å². The second-order valence-corrected chi connectivity index (χ2v) is 8.95. The molecule has 0 aromatic carbocycles. The molecular formula is C22H32ClN3. The smallest absolute Gasteiger partial charge is 0.0759 e. The molecule has 1 unspecified atom stereocenters. The van der Waals surface area contributed by atoms with E-state index in [0.717, 1.165) is 37.4 Å². The number of rotatable bonds is 2. The number of hydrogen-bond donors (Lipinski definition) is 1. The molecular weight excluding hydrogens is 342 g/mol. The van der Waals surface area contributed by atoms with Gasteiger partial charge in [-0.1, -0.05) is 62.8 Å². The molecule has 1 fully saturated rings. The highest BCUT2D eigenvalue weighted by Crippen LogP contribution is 2.39. The molecule has 3 nitrogen and oxygen atoms in total. The second-order valence-electron chi connectivity index (χ2n) is 8.51. The predicted molar refractivity (Wildman–Crippen MR) is 109 cm³/mol. The number of aromatic nitrogens is 2. The van der Waals surface area contributed by atoms with Gasteiger partial charge in [0.1, 0.15) is 0 Å². The highest BCUT2D eigenvalue weighted by atomic mass is 35.5. The Balaban J connectivity index is 1.73. The van der Waals surface area contributed by atoms with E-state index < -0.39 is 0 Å². The molecule has 26 heavy (non-hydrogen) atoms. The summed E-state index contributed by atoms with van der Waals surface area (Å²) in [6.07, 6.45) is 19.1. The molecule has 0 spiro atoms. The zero-order valence-corrected chi connectivity index (χ0v) is 16.8. The largest absolute Gasteiger partial charge is 0.316 e. The van der Waals surface area contributed by atoms with E-state index in [-0.39, 0.29) is 5.41 Å². The minimum Gasteiger partial charge on any atom is -0.316 e. The molecule has 0 saturated heterocycles. The van der Waals surface area contributed by atoms with E-state index in [4.69, 9.17) is 16.7 Å². The van der Waals surface area contributed by atoms with Crippen LogP contribution in [-0.4, -0.2) is 22.9 Å². The Morgan fingerprint density at radius 2 is 1.85 bits per heavy atom. The average Bonchev–Trinajstić information content (AvgIpc) is 2.81. The fraction of sp³-hybridized carbons (Fsp3) is 0.682. The van der Waals surface area contributed by atoms with Gasteiger partial charge in [-0.05, 0) is 43.9 Å². The molecule has 4 rings (SSSR count). The maximum atomic E-state index is 6.20. The van der Waals surface area contributed by atoms with Gasteiger partial charge in [-0.2, -0.15) is 5.10 Å². The van der Waals surface area contributed by atoms with Crippen LogP contribution < -0.4 is 5.32 Å². The number of nitrogens with one attached hydrogen (secondary N) is 1. The Hall–Kier alpha value is -1.06. The normalized spacial score (nSPS) is 28.0. The van der Waals surface area contributed by atoms with Gasteiger partial charge in [-0.25, -0.2) is 0 Å². The predicted octanol–water partition coefficient (Wildman–Crippen LogP) is 5.20. The van der Waals surface area contributed by atoms with E-state index in [0.29, 0.717) is 6.04 Å². The van der Waals surface area contributed by atoms with Gasteiger partial charge >= 0.3 is 0 Å². The number of halogens is 1.